The van der Waals surface area contributed by atoms with Crippen LogP contribution in [0.5, 0.6) is 5.75 Å². The predicted octanol–water partition coefficient (Wildman–Crippen LogP) is 6.69. The van der Waals surface area contributed by atoms with Crippen molar-refractivity contribution >= 4 is 23.5 Å². The molecule has 9 heteroatoms. The highest BCUT2D eigenvalue weighted by molar-refractivity contribution is 7.98. The third-order valence-corrected chi connectivity index (χ3v) is 7.07. The normalized spacial score (nSPS) is 19.5. The van der Waals surface area contributed by atoms with Crippen LogP contribution >= 0.6 is 11.8 Å². The molecule has 1 unspecified atom stereocenters. The molecule has 0 bridgehead atoms. The van der Waals surface area contributed by atoms with Crippen molar-refractivity contribution in [3.05, 3.63) is 95.1 Å². The van der Waals surface area contributed by atoms with Gasteiger partial charge in [-0.3, -0.25) is 9.59 Å². The number of halogens is 4. The van der Waals surface area contributed by atoms with Crippen molar-refractivity contribution in [1.29, 1.82) is 0 Å². The Labute approximate surface area is 216 Å². The number of benzene rings is 3. The van der Waals surface area contributed by atoms with E-state index in [-0.39, 0.29) is 11.3 Å². The topological polar surface area (TPSA) is 52.6 Å². The molecule has 0 radical (unpaired) electrons. The Morgan fingerprint density at radius 2 is 1.59 bits per heavy atom. The molecule has 3 aromatic carbocycles. The van der Waals surface area contributed by atoms with Gasteiger partial charge in [0.1, 0.15) is 12.4 Å². The largest absolute Gasteiger partial charge is 0.494 e. The Morgan fingerprint density at radius 1 is 0.919 bits per heavy atom. The van der Waals surface area contributed by atoms with Crippen molar-refractivity contribution in [2.75, 3.05) is 12.9 Å². The summed E-state index contributed by atoms with van der Waals surface area (Å²) in [5.41, 5.74) is -1.98. The fraction of sp³-hybridized carbons (Fsp3) is 0.286. The van der Waals surface area contributed by atoms with E-state index in [1.165, 1.54) is 42.1 Å². The Morgan fingerprint density at radius 3 is 2.16 bits per heavy atom. The molecule has 0 spiro atoms. The van der Waals surface area contributed by atoms with Crippen LogP contribution in [0.2, 0.25) is 0 Å². The van der Waals surface area contributed by atoms with E-state index in [0.717, 1.165) is 0 Å². The molecule has 0 aliphatic heterocycles. The van der Waals surface area contributed by atoms with Crippen LogP contribution in [-0.4, -0.2) is 36.5 Å². The van der Waals surface area contributed by atoms with Crippen LogP contribution in [0, 0.1) is 0 Å². The third kappa shape index (κ3) is 4.72. The first kappa shape index (κ1) is 26.7. The van der Waals surface area contributed by atoms with Crippen LogP contribution in [0.15, 0.2) is 77.7 Å². The minimum Gasteiger partial charge on any atom is -0.494 e. The zero-order valence-electron chi connectivity index (χ0n) is 20.1. The number of esters is 1. The summed E-state index contributed by atoms with van der Waals surface area (Å²) in [7, 11) is 0. The Hall–Kier alpha value is -3.33. The summed E-state index contributed by atoms with van der Waals surface area (Å²) in [5.74, 6) is -10.4. The monoisotopic (exact) mass is 532 g/mol. The summed E-state index contributed by atoms with van der Waals surface area (Å²) in [4.78, 5) is 26.7. The van der Waals surface area contributed by atoms with Crippen LogP contribution in [-0.2, 0) is 21.6 Å². The molecule has 1 aliphatic rings. The van der Waals surface area contributed by atoms with E-state index in [1.54, 1.807) is 55.6 Å². The second-order valence-corrected chi connectivity index (χ2v) is 9.54. The molecule has 0 amide bonds. The van der Waals surface area contributed by atoms with Crippen molar-refractivity contribution < 1.29 is 36.6 Å². The first-order chi connectivity index (χ1) is 17.6. The van der Waals surface area contributed by atoms with E-state index >= 15 is 0 Å². The van der Waals surface area contributed by atoms with Crippen molar-refractivity contribution in [3.63, 3.8) is 0 Å². The predicted molar refractivity (Wildman–Crippen MR) is 132 cm³/mol. The zero-order valence-corrected chi connectivity index (χ0v) is 20.9. The maximum Gasteiger partial charge on any atom is 0.330 e. The second-order valence-electron chi connectivity index (χ2n) is 8.66. The standard InChI is InChI=1S/C28H24F4O4S/c1-3-35-22-11-9-21(10-12-22)26(17-27(29,30)28(26,31)32)25(34)36-16-18-13-20(15-23(14-18)37-2)24(33)19-7-5-4-6-8-19/h4-15H,3,16-17H2,1-2H3. The summed E-state index contributed by atoms with van der Waals surface area (Å²) in [6, 6.07) is 18.4. The minimum atomic E-state index is -4.65. The van der Waals surface area contributed by atoms with Crippen molar-refractivity contribution in [2.24, 2.45) is 0 Å². The van der Waals surface area contributed by atoms with Gasteiger partial charge in [-0.05, 0) is 54.6 Å². The number of ether oxygens (including phenoxy) is 2. The molecule has 3 aromatic rings. The lowest BCUT2D eigenvalue weighted by Gasteiger charge is -2.51. The maximum absolute atomic E-state index is 14.9. The Kier molecular flexibility index (Phi) is 7.37. The number of thioether (sulfide) groups is 1. The molecule has 1 atom stereocenters. The Balaban J connectivity index is 1.61. The fourth-order valence-electron chi connectivity index (χ4n) is 4.39. The van der Waals surface area contributed by atoms with Gasteiger partial charge in [-0.15, -0.1) is 11.8 Å². The van der Waals surface area contributed by atoms with Gasteiger partial charge in [-0.25, -0.2) is 0 Å². The highest BCUT2D eigenvalue weighted by atomic mass is 32.2. The van der Waals surface area contributed by atoms with E-state index in [1.807, 2.05) is 0 Å². The second kappa shape index (κ2) is 10.2. The number of ketones is 1. The average Bonchev–Trinajstić information content (AvgIpc) is 2.90. The van der Waals surface area contributed by atoms with Gasteiger partial charge in [-0.2, -0.15) is 17.6 Å². The van der Waals surface area contributed by atoms with Gasteiger partial charge in [0.25, 0.3) is 0 Å². The van der Waals surface area contributed by atoms with Crippen LogP contribution in [0.3, 0.4) is 0 Å². The molecule has 1 saturated carbocycles. The molecular formula is C28H24F4O4S. The number of rotatable bonds is 9. The Bertz CT molecular complexity index is 1300. The number of carbonyl (C=O) groups excluding carboxylic acids is 2. The molecular weight excluding hydrogens is 508 g/mol. The van der Waals surface area contributed by atoms with Crippen molar-refractivity contribution in [1.82, 2.24) is 0 Å². The first-order valence-electron chi connectivity index (χ1n) is 11.5. The summed E-state index contributed by atoms with van der Waals surface area (Å²) >= 11 is 1.34. The van der Waals surface area contributed by atoms with Gasteiger partial charge in [0.05, 0.1) is 6.61 Å². The average molecular weight is 533 g/mol. The summed E-state index contributed by atoms with van der Waals surface area (Å²) in [6.07, 6.45) is 0.405. The van der Waals surface area contributed by atoms with Gasteiger partial charge in [-0.1, -0.05) is 42.5 Å². The summed E-state index contributed by atoms with van der Waals surface area (Å²) in [5, 5.41) is 0. The molecule has 194 valence electrons. The fourth-order valence-corrected chi connectivity index (χ4v) is 4.90. The highest BCUT2D eigenvalue weighted by Gasteiger charge is 2.84. The third-order valence-electron chi connectivity index (χ3n) is 6.36. The molecule has 4 rings (SSSR count). The number of carbonyl (C=O) groups is 2. The van der Waals surface area contributed by atoms with Crippen LogP contribution in [0.1, 0.15) is 40.4 Å². The maximum atomic E-state index is 14.9. The van der Waals surface area contributed by atoms with Gasteiger partial charge < -0.3 is 9.47 Å². The van der Waals surface area contributed by atoms with Gasteiger partial charge in [0, 0.05) is 22.4 Å². The zero-order chi connectivity index (χ0) is 26.8. The lowest BCUT2D eigenvalue weighted by molar-refractivity contribution is -0.323. The molecule has 37 heavy (non-hydrogen) atoms. The van der Waals surface area contributed by atoms with E-state index in [4.69, 9.17) is 9.47 Å². The first-order valence-corrected chi connectivity index (χ1v) is 12.7. The molecule has 1 fully saturated rings. The number of hydrogen-bond donors (Lipinski definition) is 0. The quantitative estimate of drug-likeness (QED) is 0.133. The van der Waals surface area contributed by atoms with Crippen LogP contribution < -0.4 is 4.74 Å². The van der Waals surface area contributed by atoms with E-state index in [0.29, 0.717) is 33.9 Å². The van der Waals surface area contributed by atoms with E-state index < -0.39 is 36.3 Å². The summed E-state index contributed by atoms with van der Waals surface area (Å²) < 4.78 is 68.3. The molecule has 0 N–H and O–H groups in total. The van der Waals surface area contributed by atoms with Gasteiger partial charge in [0.2, 0.25) is 0 Å². The minimum absolute atomic E-state index is 0.264. The van der Waals surface area contributed by atoms with Gasteiger partial charge in [0.15, 0.2) is 11.2 Å². The van der Waals surface area contributed by atoms with E-state index in [9.17, 15) is 27.2 Å². The van der Waals surface area contributed by atoms with E-state index in [2.05, 4.69) is 0 Å². The lowest BCUT2D eigenvalue weighted by Crippen LogP contribution is -2.72. The SMILES string of the molecule is CCOc1ccc(C2(C(=O)OCc3cc(SC)cc(C(=O)c4ccccc4)c3)CC(F)(F)C2(F)F)cc1. The number of alkyl halides is 4. The van der Waals surface area contributed by atoms with Crippen LogP contribution in [0.4, 0.5) is 17.6 Å². The van der Waals surface area contributed by atoms with Crippen molar-refractivity contribution in [2.45, 2.75) is 42.1 Å². The highest BCUT2D eigenvalue weighted by Crippen LogP contribution is 2.64. The molecule has 0 heterocycles. The number of hydrogen-bond acceptors (Lipinski definition) is 5. The molecule has 1 aliphatic carbocycles. The summed E-state index contributed by atoms with van der Waals surface area (Å²) in [6.45, 7) is 1.59. The molecule has 0 saturated heterocycles. The molecule has 0 aromatic heterocycles. The molecule has 4 nitrogen and oxygen atoms in total. The van der Waals surface area contributed by atoms with Crippen LogP contribution in [0.25, 0.3) is 0 Å². The smallest absolute Gasteiger partial charge is 0.330 e. The lowest BCUT2D eigenvalue weighted by atomic mass is 9.58. The van der Waals surface area contributed by atoms with Crippen molar-refractivity contribution in [3.8, 4) is 5.75 Å². The van der Waals surface area contributed by atoms with Gasteiger partial charge >= 0.3 is 17.8 Å².